The van der Waals surface area contributed by atoms with Gasteiger partial charge in [-0.3, -0.25) is 19.2 Å². The summed E-state index contributed by atoms with van der Waals surface area (Å²) in [5.74, 6) is -4.59. The van der Waals surface area contributed by atoms with Gasteiger partial charge in [-0.2, -0.15) is 12.6 Å². The zero-order valence-electron chi connectivity index (χ0n) is 19.2. The van der Waals surface area contributed by atoms with Crippen LogP contribution in [0.2, 0.25) is 0 Å². The number of benzene rings is 1. The van der Waals surface area contributed by atoms with Crippen LogP contribution in [0, 0.1) is 5.92 Å². The summed E-state index contributed by atoms with van der Waals surface area (Å²) < 4.78 is 0. The number of aliphatic carboxylic acids is 1. The number of nitrogens with two attached hydrogens (primary N) is 2. The van der Waals surface area contributed by atoms with Crippen molar-refractivity contribution in [1.29, 1.82) is 0 Å². The first-order valence-electron chi connectivity index (χ1n) is 10.8. The van der Waals surface area contributed by atoms with Crippen LogP contribution in [-0.4, -0.2) is 64.6 Å². The van der Waals surface area contributed by atoms with Crippen molar-refractivity contribution in [3.63, 3.8) is 0 Å². The molecule has 0 spiro atoms. The predicted molar refractivity (Wildman–Crippen MR) is 129 cm³/mol. The molecule has 1 aromatic carbocycles. The van der Waals surface area contributed by atoms with E-state index in [4.69, 9.17) is 11.5 Å². The van der Waals surface area contributed by atoms with Crippen molar-refractivity contribution in [2.24, 2.45) is 17.4 Å². The topological polar surface area (TPSA) is 194 Å². The van der Waals surface area contributed by atoms with Crippen molar-refractivity contribution in [1.82, 2.24) is 16.0 Å². The highest BCUT2D eigenvalue weighted by atomic mass is 32.1. The van der Waals surface area contributed by atoms with Crippen LogP contribution in [0.1, 0.15) is 32.3 Å². The monoisotopic (exact) mass is 495 g/mol. The van der Waals surface area contributed by atoms with E-state index in [1.54, 1.807) is 37.3 Å². The van der Waals surface area contributed by atoms with Crippen LogP contribution in [-0.2, 0) is 30.4 Å². The summed E-state index contributed by atoms with van der Waals surface area (Å²) in [6.45, 7) is 3.55. The van der Waals surface area contributed by atoms with Crippen molar-refractivity contribution >= 4 is 42.2 Å². The summed E-state index contributed by atoms with van der Waals surface area (Å²) in [7, 11) is 0. The molecule has 0 saturated heterocycles. The van der Waals surface area contributed by atoms with Gasteiger partial charge in [0.1, 0.15) is 18.1 Å². The van der Waals surface area contributed by atoms with Gasteiger partial charge in [0.25, 0.3) is 0 Å². The summed E-state index contributed by atoms with van der Waals surface area (Å²) in [6, 6.07) is 4.20. The number of carboxylic acids is 1. The fourth-order valence-corrected chi connectivity index (χ4v) is 3.30. The highest BCUT2D eigenvalue weighted by Gasteiger charge is 2.32. The van der Waals surface area contributed by atoms with E-state index in [0.29, 0.717) is 6.42 Å². The lowest BCUT2D eigenvalue weighted by Gasteiger charge is -2.28. The van der Waals surface area contributed by atoms with E-state index in [9.17, 15) is 29.1 Å². The van der Waals surface area contributed by atoms with Crippen LogP contribution in [0.3, 0.4) is 0 Å². The third kappa shape index (κ3) is 9.40. The molecule has 0 heterocycles. The van der Waals surface area contributed by atoms with E-state index in [1.807, 2.05) is 6.92 Å². The Hall–Kier alpha value is -3.12. The molecule has 188 valence electrons. The molecule has 0 aliphatic carbocycles. The van der Waals surface area contributed by atoms with E-state index in [0.717, 1.165) is 5.56 Å². The smallest absolute Gasteiger partial charge is 0.327 e. The number of rotatable bonds is 14. The summed E-state index contributed by atoms with van der Waals surface area (Å²) in [4.78, 5) is 60.8. The molecular weight excluding hydrogens is 462 g/mol. The van der Waals surface area contributed by atoms with Crippen molar-refractivity contribution in [2.75, 3.05) is 5.75 Å². The van der Waals surface area contributed by atoms with Gasteiger partial charge in [0.05, 0.1) is 12.5 Å². The Morgan fingerprint density at radius 1 is 0.971 bits per heavy atom. The summed E-state index contributed by atoms with van der Waals surface area (Å²) >= 11 is 3.94. The van der Waals surface area contributed by atoms with Crippen LogP contribution in [0.25, 0.3) is 0 Å². The van der Waals surface area contributed by atoms with Gasteiger partial charge in [0, 0.05) is 12.2 Å². The maximum absolute atomic E-state index is 13.2. The number of thiol groups is 1. The molecule has 0 bridgehead atoms. The summed E-state index contributed by atoms with van der Waals surface area (Å²) in [5.41, 5.74) is 11.5. The lowest BCUT2D eigenvalue weighted by Crippen LogP contribution is -2.59. The Bertz CT molecular complexity index is 869. The second-order valence-corrected chi connectivity index (χ2v) is 8.35. The third-order valence-electron chi connectivity index (χ3n) is 5.26. The van der Waals surface area contributed by atoms with Crippen molar-refractivity contribution in [3.05, 3.63) is 35.9 Å². The minimum atomic E-state index is -1.25. The molecular formula is C22H33N5O6S. The molecule has 0 radical (unpaired) electrons. The van der Waals surface area contributed by atoms with Crippen molar-refractivity contribution in [3.8, 4) is 0 Å². The maximum Gasteiger partial charge on any atom is 0.327 e. The van der Waals surface area contributed by atoms with Gasteiger partial charge in [-0.25, -0.2) is 4.79 Å². The molecule has 0 aromatic heterocycles. The van der Waals surface area contributed by atoms with Gasteiger partial charge in [-0.1, -0.05) is 50.6 Å². The molecule has 34 heavy (non-hydrogen) atoms. The molecule has 12 heteroatoms. The van der Waals surface area contributed by atoms with E-state index >= 15 is 0 Å². The Morgan fingerprint density at radius 2 is 1.56 bits per heavy atom. The number of primary amides is 1. The van der Waals surface area contributed by atoms with Crippen LogP contribution in [0.5, 0.6) is 0 Å². The Balaban J connectivity index is 3.11. The van der Waals surface area contributed by atoms with Crippen LogP contribution < -0.4 is 27.4 Å². The molecule has 5 atom stereocenters. The molecule has 0 aliphatic heterocycles. The second-order valence-electron chi connectivity index (χ2n) is 7.98. The minimum absolute atomic E-state index is 0.0882. The van der Waals surface area contributed by atoms with Crippen LogP contribution in [0.4, 0.5) is 0 Å². The average Bonchev–Trinajstić information content (AvgIpc) is 2.79. The first-order valence-corrected chi connectivity index (χ1v) is 11.5. The minimum Gasteiger partial charge on any atom is -0.480 e. The molecule has 0 fully saturated rings. The Kier molecular flexibility index (Phi) is 12.1. The standard InChI is InChI=1S/C22H33N5O6S/c1-3-12(2)18(21(31)26-16(11-34)22(32)33)27-20(30)15(9-13-7-5-4-6-8-13)25-19(29)14(23)10-17(24)28/h4-8,12,14-16,18,34H,3,9-11,23H2,1-2H3,(H2,24,28)(H,25,29)(H,26,31)(H,27,30)(H,32,33). The molecule has 11 nitrogen and oxygen atoms in total. The van der Waals surface area contributed by atoms with Crippen molar-refractivity contribution < 1.29 is 29.1 Å². The molecule has 5 unspecified atom stereocenters. The fourth-order valence-electron chi connectivity index (χ4n) is 3.05. The number of carbonyl (C=O) groups excluding carboxylic acids is 4. The number of carboxylic acid groups (broad SMARTS) is 1. The van der Waals surface area contributed by atoms with Gasteiger partial charge in [0.15, 0.2) is 0 Å². The lowest BCUT2D eigenvalue weighted by atomic mass is 9.96. The quantitative estimate of drug-likeness (QED) is 0.160. The molecule has 1 aromatic rings. The Morgan fingerprint density at radius 3 is 2.06 bits per heavy atom. The van der Waals surface area contributed by atoms with Gasteiger partial charge in [-0.15, -0.1) is 0 Å². The predicted octanol–water partition coefficient (Wildman–Crippen LogP) is -1.05. The van der Waals surface area contributed by atoms with Crippen LogP contribution in [0.15, 0.2) is 30.3 Å². The molecule has 8 N–H and O–H groups in total. The first-order chi connectivity index (χ1) is 16.0. The molecule has 0 aliphatic rings. The summed E-state index contributed by atoms with van der Waals surface area (Å²) in [5, 5.41) is 16.7. The number of hydrogen-bond donors (Lipinski definition) is 7. The maximum atomic E-state index is 13.2. The zero-order chi connectivity index (χ0) is 25.8. The highest BCUT2D eigenvalue weighted by Crippen LogP contribution is 2.11. The third-order valence-corrected chi connectivity index (χ3v) is 5.63. The fraction of sp³-hybridized carbons (Fsp3) is 0.500. The van der Waals surface area contributed by atoms with Gasteiger partial charge in [0.2, 0.25) is 23.6 Å². The number of carbonyl (C=O) groups is 5. The molecule has 0 saturated carbocycles. The number of hydrogen-bond acceptors (Lipinski definition) is 7. The number of nitrogens with one attached hydrogen (secondary N) is 3. The Labute approximate surface area is 203 Å². The van der Waals surface area contributed by atoms with Gasteiger partial charge in [-0.05, 0) is 11.5 Å². The number of amides is 4. The van der Waals surface area contributed by atoms with Gasteiger partial charge < -0.3 is 32.5 Å². The molecule has 1 rings (SSSR count). The van der Waals surface area contributed by atoms with E-state index in [-0.39, 0.29) is 18.1 Å². The van der Waals surface area contributed by atoms with Gasteiger partial charge >= 0.3 is 5.97 Å². The lowest BCUT2D eigenvalue weighted by molar-refractivity contribution is -0.142. The van der Waals surface area contributed by atoms with E-state index in [2.05, 4.69) is 28.6 Å². The van der Waals surface area contributed by atoms with E-state index < -0.39 is 60.2 Å². The highest BCUT2D eigenvalue weighted by molar-refractivity contribution is 7.80. The first kappa shape index (κ1) is 28.9. The zero-order valence-corrected chi connectivity index (χ0v) is 20.1. The van der Waals surface area contributed by atoms with E-state index in [1.165, 1.54) is 0 Å². The summed E-state index contributed by atoms with van der Waals surface area (Å²) in [6.07, 6.45) is 0.199. The SMILES string of the molecule is CCC(C)C(NC(=O)C(Cc1ccccc1)NC(=O)C(N)CC(N)=O)C(=O)NC(CS)C(=O)O. The van der Waals surface area contributed by atoms with Crippen LogP contribution >= 0.6 is 12.6 Å². The molecule has 4 amide bonds. The van der Waals surface area contributed by atoms with Crippen molar-refractivity contribution in [2.45, 2.75) is 57.3 Å². The second kappa shape index (κ2) is 14.2. The normalized spacial score (nSPS) is 15.2. The average molecular weight is 496 g/mol. The largest absolute Gasteiger partial charge is 0.480 e.